The molecular formula is C15H13N3O5S2. The van der Waals surface area contributed by atoms with Gasteiger partial charge in [0, 0.05) is 12.3 Å². The minimum Gasteiger partial charge on any atom is -0.471 e. The standard InChI is InChI=1S/C15H13N3O5S2/c1-22-15(19)14-12(3-5-24-14)25(20,21)18-8-11(9-18)23-13-6-10(7-16)2-4-17-13/h2-6,11H,8-9H2,1H3. The summed E-state index contributed by atoms with van der Waals surface area (Å²) in [5, 5.41) is 10.4. The number of carbonyl (C=O) groups excluding carboxylic acids is 1. The van der Waals surface area contributed by atoms with Crippen molar-refractivity contribution < 1.29 is 22.7 Å². The summed E-state index contributed by atoms with van der Waals surface area (Å²) in [6, 6.07) is 6.41. The van der Waals surface area contributed by atoms with Gasteiger partial charge in [-0.25, -0.2) is 18.2 Å². The van der Waals surface area contributed by atoms with Crippen LogP contribution >= 0.6 is 11.3 Å². The second kappa shape index (κ2) is 6.79. The summed E-state index contributed by atoms with van der Waals surface area (Å²) in [4.78, 5) is 15.7. The van der Waals surface area contributed by atoms with Crippen molar-refractivity contribution in [1.82, 2.24) is 9.29 Å². The van der Waals surface area contributed by atoms with E-state index in [0.717, 1.165) is 11.3 Å². The van der Waals surface area contributed by atoms with Crippen LogP contribution in [0.4, 0.5) is 0 Å². The molecule has 0 saturated carbocycles. The third-order valence-electron chi connectivity index (χ3n) is 3.58. The topological polar surface area (TPSA) is 110 Å². The molecule has 10 heteroatoms. The molecule has 25 heavy (non-hydrogen) atoms. The molecule has 130 valence electrons. The van der Waals surface area contributed by atoms with Gasteiger partial charge in [0.1, 0.15) is 15.9 Å². The summed E-state index contributed by atoms with van der Waals surface area (Å²) in [6.07, 6.45) is 1.09. The quantitative estimate of drug-likeness (QED) is 0.719. The molecule has 1 saturated heterocycles. The second-order valence-electron chi connectivity index (χ2n) is 5.16. The summed E-state index contributed by atoms with van der Waals surface area (Å²) in [6.45, 7) is 0.272. The molecule has 3 rings (SSSR count). The van der Waals surface area contributed by atoms with Gasteiger partial charge in [-0.3, -0.25) is 0 Å². The van der Waals surface area contributed by atoms with Crippen LogP contribution in [-0.2, 0) is 14.8 Å². The maximum Gasteiger partial charge on any atom is 0.349 e. The van der Waals surface area contributed by atoms with Gasteiger partial charge in [-0.05, 0) is 17.5 Å². The highest BCUT2D eigenvalue weighted by atomic mass is 32.2. The predicted molar refractivity (Wildman–Crippen MR) is 87.8 cm³/mol. The zero-order chi connectivity index (χ0) is 18.0. The molecule has 0 aliphatic carbocycles. The molecule has 0 radical (unpaired) electrons. The van der Waals surface area contributed by atoms with Crippen LogP contribution in [0, 0.1) is 11.3 Å². The van der Waals surface area contributed by atoms with Crippen molar-refractivity contribution in [3.05, 3.63) is 40.2 Å². The second-order valence-corrected chi connectivity index (χ2v) is 7.98. The number of esters is 1. The Balaban J connectivity index is 1.68. The van der Waals surface area contributed by atoms with Crippen LogP contribution in [0.5, 0.6) is 5.88 Å². The molecule has 0 atom stereocenters. The van der Waals surface area contributed by atoms with Crippen molar-refractivity contribution in [1.29, 1.82) is 5.26 Å². The smallest absolute Gasteiger partial charge is 0.349 e. The third-order valence-corrected chi connectivity index (χ3v) is 6.48. The predicted octanol–water partition coefficient (Wildman–Crippen LogP) is 1.25. The van der Waals surface area contributed by atoms with Gasteiger partial charge in [-0.15, -0.1) is 11.3 Å². The lowest BCUT2D eigenvalue weighted by atomic mass is 10.2. The van der Waals surface area contributed by atoms with Gasteiger partial charge < -0.3 is 9.47 Å². The normalized spacial score (nSPS) is 15.2. The largest absolute Gasteiger partial charge is 0.471 e. The van der Waals surface area contributed by atoms with Crippen molar-refractivity contribution in [2.75, 3.05) is 20.2 Å². The molecule has 0 spiro atoms. The van der Waals surface area contributed by atoms with Crippen molar-refractivity contribution >= 4 is 27.3 Å². The molecule has 8 nitrogen and oxygen atoms in total. The number of rotatable bonds is 5. The highest BCUT2D eigenvalue weighted by Crippen LogP contribution is 2.29. The Morgan fingerprint density at radius 3 is 2.88 bits per heavy atom. The zero-order valence-corrected chi connectivity index (χ0v) is 14.7. The van der Waals surface area contributed by atoms with E-state index < -0.39 is 16.0 Å². The van der Waals surface area contributed by atoms with Gasteiger partial charge in [-0.2, -0.15) is 9.57 Å². The van der Waals surface area contributed by atoms with Crippen molar-refractivity contribution in [2.24, 2.45) is 0 Å². The van der Waals surface area contributed by atoms with E-state index in [-0.39, 0.29) is 34.8 Å². The lowest BCUT2D eigenvalue weighted by molar-refractivity contribution is 0.0600. The molecule has 2 aromatic rings. The fourth-order valence-electron chi connectivity index (χ4n) is 2.27. The summed E-state index contributed by atoms with van der Waals surface area (Å²) in [5.41, 5.74) is 0.412. The summed E-state index contributed by atoms with van der Waals surface area (Å²) >= 11 is 1.02. The van der Waals surface area contributed by atoms with Crippen LogP contribution in [0.25, 0.3) is 0 Å². The van der Waals surface area contributed by atoms with Gasteiger partial charge in [0.15, 0.2) is 0 Å². The zero-order valence-electron chi connectivity index (χ0n) is 13.1. The average Bonchev–Trinajstić information content (AvgIpc) is 3.07. The number of nitrogens with zero attached hydrogens (tertiary/aromatic N) is 3. The first-order chi connectivity index (χ1) is 12.0. The minimum atomic E-state index is -3.79. The molecule has 3 heterocycles. The lowest BCUT2D eigenvalue weighted by Crippen LogP contribution is -2.56. The maximum atomic E-state index is 12.6. The fraction of sp³-hybridized carbons (Fsp3) is 0.267. The van der Waals surface area contributed by atoms with Crippen LogP contribution in [-0.4, -0.2) is 50.0 Å². The Labute approximate surface area is 148 Å². The van der Waals surface area contributed by atoms with Crippen LogP contribution < -0.4 is 4.74 Å². The lowest BCUT2D eigenvalue weighted by Gasteiger charge is -2.37. The van der Waals surface area contributed by atoms with E-state index in [2.05, 4.69) is 9.72 Å². The number of carbonyl (C=O) groups is 1. The summed E-state index contributed by atoms with van der Waals surface area (Å²) in [7, 11) is -2.59. The van der Waals surface area contributed by atoms with Crippen LogP contribution in [0.2, 0.25) is 0 Å². The number of sulfonamides is 1. The fourth-order valence-corrected chi connectivity index (χ4v) is 5.08. The maximum absolute atomic E-state index is 12.6. The van der Waals surface area contributed by atoms with Gasteiger partial charge >= 0.3 is 5.97 Å². The number of hydrogen-bond donors (Lipinski definition) is 0. The Kier molecular flexibility index (Phi) is 4.71. The summed E-state index contributed by atoms with van der Waals surface area (Å²) < 4.78 is 36.7. The van der Waals surface area contributed by atoms with E-state index in [4.69, 9.17) is 10.00 Å². The molecule has 0 bridgehead atoms. The highest BCUT2D eigenvalue weighted by molar-refractivity contribution is 7.89. The van der Waals surface area contributed by atoms with Gasteiger partial charge in [0.05, 0.1) is 31.8 Å². The number of aromatic nitrogens is 1. The van der Waals surface area contributed by atoms with E-state index >= 15 is 0 Å². The molecule has 1 fully saturated rings. The van der Waals surface area contributed by atoms with E-state index in [1.807, 2.05) is 6.07 Å². The monoisotopic (exact) mass is 379 g/mol. The van der Waals surface area contributed by atoms with E-state index in [1.165, 1.54) is 35.1 Å². The van der Waals surface area contributed by atoms with Gasteiger partial charge in [-0.1, -0.05) is 0 Å². The number of nitriles is 1. The molecule has 0 aromatic carbocycles. The molecular weight excluding hydrogens is 366 g/mol. The Hall–Kier alpha value is -2.48. The van der Waals surface area contributed by atoms with E-state index in [0.29, 0.717) is 5.56 Å². The molecule has 2 aromatic heterocycles. The van der Waals surface area contributed by atoms with E-state index in [9.17, 15) is 13.2 Å². The Bertz CT molecular complexity index is 942. The van der Waals surface area contributed by atoms with Crippen LogP contribution in [0.15, 0.2) is 34.7 Å². The highest BCUT2D eigenvalue weighted by Gasteiger charge is 2.40. The van der Waals surface area contributed by atoms with Crippen LogP contribution in [0.1, 0.15) is 15.2 Å². The number of pyridine rings is 1. The first-order valence-corrected chi connectivity index (χ1v) is 9.46. The number of thiophene rings is 1. The average molecular weight is 379 g/mol. The third kappa shape index (κ3) is 3.34. The molecule has 1 aliphatic heterocycles. The Morgan fingerprint density at radius 2 is 2.20 bits per heavy atom. The summed E-state index contributed by atoms with van der Waals surface area (Å²) in [5.74, 6) is -0.411. The number of ether oxygens (including phenoxy) is 2. The minimum absolute atomic E-state index is 0.0512. The van der Waals surface area contributed by atoms with Crippen molar-refractivity contribution in [2.45, 2.75) is 11.0 Å². The molecule has 0 amide bonds. The SMILES string of the molecule is COC(=O)c1sccc1S(=O)(=O)N1CC(Oc2cc(C#N)ccn2)C1. The van der Waals surface area contributed by atoms with Gasteiger partial charge in [0.25, 0.3) is 0 Å². The first kappa shape index (κ1) is 17.3. The first-order valence-electron chi connectivity index (χ1n) is 7.14. The molecule has 0 N–H and O–H groups in total. The number of hydrogen-bond acceptors (Lipinski definition) is 8. The Morgan fingerprint density at radius 1 is 1.44 bits per heavy atom. The van der Waals surface area contributed by atoms with Crippen LogP contribution in [0.3, 0.4) is 0 Å². The van der Waals surface area contributed by atoms with Gasteiger partial charge in [0.2, 0.25) is 15.9 Å². The molecule has 0 unspecified atom stereocenters. The van der Waals surface area contributed by atoms with E-state index in [1.54, 1.807) is 6.07 Å². The van der Waals surface area contributed by atoms with Crippen molar-refractivity contribution in [3.63, 3.8) is 0 Å². The van der Waals surface area contributed by atoms with Crippen molar-refractivity contribution in [3.8, 4) is 11.9 Å². The number of methoxy groups -OCH3 is 1. The molecule has 1 aliphatic rings.